The second-order valence-corrected chi connectivity index (χ2v) is 6.05. The van der Waals surface area contributed by atoms with Gasteiger partial charge in [0.15, 0.2) is 0 Å². The van der Waals surface area contributed by atoms with Gasteiger partial charge in [-0.25, -0.2) is 0 Å². The monoisotopic (exact) mass is 346 g/mol. The third-order valence-corrected chi connectivity index (χ3v) is 4.16. The molecule has 0 saturated carbocycles. The lowest BCUT2D eigenvalue weighted by Crippen LogP contribution is -2.37. The summed E-state index contributed by atoms with van der Waals surface area (Å²) in [6.45, 7) is 4.09. The van der Waals surface area contributed by atoms with Crippen LogP contribution < -0.4 is 14.8 Å². The molecule has 1 unspecified atom stereocenters. The molecular formula is C17H22N4O4. The molecule has 1 amide bonds. The number of methoxy groups -OCH3 is 2. The maximum atomic E-state index is 12.1. The highest BCUT2D eigenvalue weighted by atomic mass is 16.5. The predicted octanol–water partition coefficient (Wildman–Crippen LogP) is 1.40. The number of rotatable bonds is 6. The van der Waals surface area contributed by atoms with E-state index in [9.17, 15) is 4.79 Å². The maximum absolute atomic E-state index is 12.1. The fourth-order valence-electron chi connectivity index (χ4n) is 2.95. The van der Waals surface area contributed by atoms with Crippen LogP contribution in [0.2, 0.25) is 0 Å². The summed E-state index contributed by atoms with van der Waals surface area (Å²) >= 11 is 0. The first-order valence-corrected chi connectivity index (χ1v) is 8.13. The minimum Gasteiger partial charge on any atom is -0.497 e. The molecule has 0 aliphatic carbocycles. The molecule has 2 heterocycles. The van der Waals surface area contributed by atoms with Crippen LogP contribution in [0.4, 0.5) is 0 Å². The summed E-state index contributed by atoms with van der Waals surface area (Å²) in [6, 6.07) is 5.91. The van der Waals surface area contributed by atoms with Gasteiger partial charge < -0.3 is 19.3 Å². The van der Waals surface area contributed by atoms with Crippen LogP contribution >= 0.6 is 0 Å². The van der Waals surface area contributed by atoms with Crippen LogP contribution in [0.25, 0.3) is 0 Å². The summed E-state index contributed by atoms with van der Waals surface area (Å²) in [7, 11) is 3.28. The van der Waals surface area contributed by atoms with Crippen LogP contribution in [0.15, 0.2) is 22.7 Å². The average molecular weight is 346 g/mol. The normalized spacial score (nSPS) is 17.5. The zero-order chi connectivity index (χ0) is 17.8. The van der Waals surface area contributed by atoms with Crippen LogP contribution in [0.1, 0.15) is 28.5 Å². The van der Waals surface area contributed by atoms with Crippen molar-refractivity contribution < 1.29 is 18.8 Å². The van der Waals surface area contributed by atoms with Gasteiger partial charge >= 0.3 is 0 Å². The quantitative estimate of drug-likeness (QED) is 0.845. The van der Waals surface area contributed by atoms with Crippen LogP contribution in [0, 0.1) is 6.92 Å². The number of nitrogens with zero attached hydrogens (tertiary/aromatic N) is 3. The molecule has 3 rings (SSSR count). The third kappa shape index (κ3) is 4.27. The van der Waals surface area contributed by atoms with Crippen molar-refractivity contribution in [1.29, 1.82) is 0 Å². The van der Waals surface area contributed by atoms with Crippen molar-refractivity contribution in [2.24, 2.45) is 0 Å². The minimum atomic E-state index is -0.299. The van der Waals surface area contributed by atoms with E-state index in [4.69, 9.17) is 14.0 Å². The number of amides is 1. The predicted molar refractivity (Wildman–Crippen MR) is 89.7 cm³/mol. The Hall–Kier alpha value is -2.61. The largest absolute Gasteiger partial charge is 0.497 e. The van der Waals surface area contributed by atoms with Gasteiger partial charge in [-0.05, 0) is 24.1 Å². The first-order valence-electron chi connectivity index (χ1n) is 8.13. The van der Waals surface area contributed by atoms with Crippen LogP contribution in [0.3, 0.4) is 0 Å². The molecule has 1 atom stereocenters. The smallest absolute Gasteiger partial charge is 0.292 e. The minimum absolute atomic E-state index is 0.0683. The number of likely N-dealkylation sites (tertiary alicyclic amines) is 1. The first-order chi connectivity index (χ1) is 12.1. The molecule has 0 spiro atoms. The van der Waals surface area contributed by atoms with Gasteiger partial charge in [-0.2, -0.15) is 4.98 Å². The lowest BCUT2D eigenvalue weighted by Gasteiger charge is -2.17. The molecular weight excluding hydrogens is 324 g/mol. The highest BCUT2D eigenvalue weighted by Crippen LogP contribution is 2.24. The van der Waals surface area contributed by atoms with Crippen molar-refractivity contribution in [2.45, 2.75) is 25.9 Å². The Morgan fingerprint density at radius 3 is 2.64 bits per heavy atom. The summed E-state index contributed by atoms with van der Waals surface area (Å²) in [6.07, 6.45) is 0.879. The van der Waals surface area contributed by atoms with Gasteiger partial charge in [0.25, 0.3) is 11.7 Å². The third-order valence-electron chi connectivity index (χ3n) is 4.16. The molecule has 134 valence electrons. The number of nitrogens with one attached hydrogen (secondary N) is 1. The van der Waals surface area contributed by atoms with Crippen LogP contribution in [-0.4, -0.2) is 54.3 Å². The van der Waals surface area contributed by atoms with E-state index >= 15 is 0 Å². The Morgan fingerprint density at radius 1 is 1.32 bits per heavy atom. The van der Waals surface area contributed by atoms with E-state index in [0.29, 0.717) is 5.89 Å². The summed E-state index contributed by atoms with van der Waals surface area (Å²) in [4.78, 5) is 18.3. The Morgan fingerprint density at radius 2 is 2.04 bits per heavy atom. The molecule has 0 bridgehead atoms. The fraction of sp³-hybridized carbons (Fsp3) is 0.471. The zero-order valence-electron chi connectivity index (χ0n) is 14.6. The molecule has 1 aliphatic heterocycles. The molecule has 2 aromatic rings. The molecule has 0 radical (unpaired) electrons. The van der Waals surface area contributed by atoms with E-state index in [2.05, 4.69) is 20.4 Å². The van der Waals surface area contributed by atoms with E-state index < -0.39 is 0 Å². The number of carbonyl (C=O) groups is 1. The second-order valence-electron chi connectivity index (χ2n) is 6.05. The Balaban J connectivity index is 1.57. The van der Waals surface area contributed by atoms with E-state index in [1.807, 2.05) is 18.2 Å². The standard InChI is InChI=1S/C17H22N4O4/c1-11-18-16(20-25-11)17(22)19-13-4-5-21(10-13)9-12-6-14(23-2)8-15(7-12)24-3/h6-8,13H,4-5,9-10H2,1-3H3,(H,19,22). The van der Waals surface area contributed by atoms with E-state index in [-0.39, 0.29) is 17.8 Å². The number of aryl methyl sites for hydroxylation is 1. The average Bonchev–Trinajstić information content (AvgIpc) is 3.23. The fourth-order valence-corrected chi connectivity index (χ4v) is 2.95. The molecule has 1 aromatic heterocycles. The highest BCUT2D eigenvalue weighted by Gasteiger charge is 2.26. The summed E-state index contributed by atoms with van der Waals surface area (Å²) in [5.41, 5.74) is 1.11. The lowest BCUT2D eigenvalue weighted by molar-refractivity contribution is 0.0924. The highest BCUT2D eigenvalue weighted by molar-refractivity contribution is 5.90. The SMILES string of the molecule is COc1cc(CN2CCC(NC(=O)c3noc(C)n3)C2)cc(OC)c1. The first kappa shape index (κ1) is 17.2. The van der Waals surface area contributed by atoms with Crippen molar-refractivity contribution in [3.8, 4) is 11.5 Å². The summed E-state index contributed by atoms with van der Waals surface area (Å²) in [5, 5.41) is 6.60. The van der Waals surface area contributed by atoms with E-state index in [1.54, 1.807) is 21.1 Å². The van der Waals surface area contributed by atoms with Crippen molar-refractivity contribution in [2.75, 3.05) is 27.3 Å². The molecule has 8 heteroatoms. The number of hydrogen-bond donors (Lipinski definition) is 1. The number of benzene rings is 1. The van der Waals surface area contributed by atoms with Gasteiger partial charge in [-0.1, -0.05) is 5.16 Å². The molecule has 8 nitrogen and oxygen atoms in total. The Kier molecular flexibility index (Phi) is 5.18. The topological polar surface area (TPSA) is 89.7 Å². The van der Waals surface area contributed by atoms with Gasteiger partial charge in [-0.15, -0.1) is 0 Å². The number of aromatic nitrogens is 2. The Labute approximate surface area is 146 Å². The summed E-state index contributed by atoms with van der Waals surface area (Å²) in [5.74, 6) is 1.70. The van der Waals surface area contributed by atoms with Crippen molar-refractivity contribution in [3.05, 3.63) is 35.5 Å². The summed E-state index contributed by atoms with van der Waals surface area (Å²) < 4.78 is 15.5. The van der Waals surface area contributed by atoms with Gasteiger partial charge in [0, 0.05) is 38.7 Å². The van der Waals surface area contributed by atoms with Crippen LogP contribution in [-0.2, 0) is 6.54 Å². The number of hydrogen-bond acceptors (Lipinski definition) is 7. The Bertz CT molecular complexity index is 724. The molecule has 1 fully saturated rings. The number of ether oxygens (including phenoxy) is 2. The van der Waals surface area contributed by atoms with E-state index in [1.165, 1.54) is 0 Å². The van der Waals surface area contributed by atoms with Gasteiger partial charge in [0.05, 0.1) is 14.2 Å². The van der Waals surface area contributed by atoms with Gasteiger partial charge in [0.1, 0.15) is 11.5 Å². The van der Waals surface area contributed by atoms with Gasteiger partial charge in [0.2, 0.25) is 5.89 Å². The molecule has 1 aliphatic rings. The van der Waals surface area contributed by atoms with Crippen molar-refractivity contribution in [1.82, 2.24) is 20.4 Å². The second kappa shape index (κ2) is 7.52. The van der Waals surface area contributed by atoms with E-state index in [0.717, 1.165) is 43.1 Å². The lowest BCUT2D eigenvalue weighted by atomic mass is 10.2. The molecule has 25 heavy (non-hydrogen) atoms. The molecule has 1 aromatic carbocycles. The molecule has 1 N–H and O–H groups in total. The van der Waals surface area contributed by atoms with Crippen molar-refractivity contribution in [3.63, 3.8) is 0 Å². The van der Waals surface area contributed by atoms with Crippen molar-refractivity contribution >= 4 is 5.91 Å². The number of carbonyl (C=O) groups excluding carboxylic acids is 1. The molecule has 1 saturated heterocycles. The van der Waals surface area contributed by atoms with Crippen LogP contribution in [0.5, 0.6) is 11.5 Å². The maximum Gasteiger partial charge on any atom is 0.292 e. The van der Waals surface area contributed by atoms with Gasteiger partial charge in [-0.3, -0.25) is 9.69 Å². The zero-order valence-corrected chi connectivity index (χ0v) is 14.6.